The van der Waals surface area contributed by atoms with Crippen molar-refractivity contribution in [2.75, 3.05) is 85.5 Å². The van der Waals surface area contributed by atoms with Crippen molar-refractivity contribution in [3.63, 3.8) is 0 Å². The number of rotatable bonds is 3. The van der Waals surface area contributed by atoms with Gasteiger partial charge < -0.3 is 23.7 Å². The molecule has 7 aliphatic rings. The zero-order chi connectivity index (χ0) is 25.3. The van der Waals surface area contributed by atoms with E-state index in [9.17, 15) is 4.79 Å². The smallest absolute Gasteiger partial charge is 0.218 e. The first-order valence-corrected chi connectivity index (χ1v) is 13.8. The maximum Gasteiger partial charge on any atom is 0.218 e. The van der Waals surface area contributed by atoms with Gasteiger partial charge in [-0.1, -0.05) is 19.1 Å². The predicted octanol–water partition coefficient (Wildman–Crippen LogP) is 1.76. The summed E-state index contributed by atoms with van der Waals surface area (Å²) in [5.41, 5.74) is 10.6. The molecule has 2 atom stereocenters. The van der Waals surface area contributed by atoms with Gasteiger partial charge in [0.15, 0.2) is 17.3 Å². The van der Waals surface area contributed by atoms with Gasteiger partial charge in [-0.3, -0.25) is 19.5 Å². The van der Waals surface area contributed by atoms with E-state index in [0.717, 1.165) is 78.5 Å². The van der Waals surface area contributed by atoms with Crippen molar-refractivity contribution in [2.24, 2.45) is 11.7 Å². The molecule has 1 aromatic carbocycles. The number of Topliss-reactive ketones (excluding diaryl/α,β-unsaturated/α-hetero) is 1. The van der Waals surface area contributed by atoms with E-state index in [1.165, 1.54) is 0 Å². The Labute approximate surface area is 217 Å². The summed E-state index contributed by atoms with van der Waals surface area (Å²) >= 11 is 0. The van der Waals surface area contributed by atoms with Gasteiger partial charge in [0.05, 0.1) is 45.2 Å². The van der Waals surface area contributed by atoms with E-state index in [0.29, 0.717) is 62.1 Å². The molecule has 5 aliphatic heterocycles. The highest BCUT2D eigenvalue weighted by atomic mass is 16.6. The van der Waals surface area contributed by atoms with Crippen molar-refractivity contribution in [1.29, 1.82) is 0 Å². The molecule has 0 amide bonds. The van der Waals surface area contributed by atoms with Gasteiger partial charge in [-0.25, -0.2) is 0 Å². The molecule has 2 spiro atoms. The zero-order valence-electron chi connectivity index (χ0n) is 21.6. The molecule has 9 nitrogen and oxygen atoms in total. The van der Waals surface area contributed by atoms with Crippen molar-refractivity contribution in [2.45, 2.75) is 19.1 Å². The van der Waals surface area contributed by atoms with Crippen LogP contribution in [0, 0.1) is 5.92 Å². The zero-order valence-corrected chi connectivity index (χ0v) is 21.6. The van der Waals surface area contributed by atoms with Crippen LogP contribution in [0.25, 0.3) is 5.57 Å². The minimum atomic E-state index is -1.37. The van der Waals surface area contributed by atoms with E-state index in [2.05, 4.69) is 13.0 Å². The maximum atomic E-state index is 14.3. The van der Waals surface area contributed by atoms with Gasteiger partial charge >= 0.3 is 0 Å². The number of carbonyl (C=O) groups is 1. The lowest BCUT2D eigenvalue weighted by molar-refractivity contribution is -0.899. The standard InChI is InChI=1S/C28H37N3O6/c1-2-12-35-26-22-21-19-4-3-5-20(21)30(6-13-33-14-7-30)10-17-36-27-24(26)31(8-15-34-16-9-31)11-18-37-28(27,29)23(22)25(19)32/h3-5,23H,2,6-18,29H2,1H3/q+2. The van der Waals surface area contributed by atoms with Crippen LogP contribution >= 0.6 is 0 Å². The van der Waals surface area contributed by atoms with Gasteiger partial charge in [0, 0.05) is 11.1 Å². The van der Waals surface area contributed by atoms with Gasteiger partial charge in [0.2, 0.25) is 11.5 Å². The highest BCUT2D eigenvalue weighted by Crippen LogP contribution is 2.58. The van der Waals surface area contributed by atoms with E-state index >= 15 is 0 Å². The Kier molecular flexibility index (Phi) is 5.55. The number of benzene rings is 1. The van der Waals surface area contributed by atoms with Crippen molar-refractivity contribution >= 4 is 17.0 Å². The van der Waals surface area contributed by atoms with Crippen LogP contribution in [0.1, 0.15) is 29.3 Å². The summed E-state index contributed by atoms with van der Waals surface area (Å²) in [6.45, 7) is 11.0. The summed E-state index contributed by atoms with van der Waals surface area (Å²) in [5, 5.41) is 0. The fraction of sp³-hybridized carbons (Fsp3) is 0.607. The third-order valence-electron chi connectivity index (χ3n) is 9.30. The first kappa shape index (κ1) is 23.8. The third-order valence-corrected chi connectivity index (χ3v) is 9.30. The Balaban J connectivity index is 1.57. The molecule has 2 unspecified atom stereocenters. The molecular formula is C28H37N3O6+2. The lowest BCUT2D eigenvalue weighted by Gasteiger charge is -2.47. The number of hydrogen-bond donors (Lipinski definition) is 1. The van der Waals surface area contributed by atoms with Crippen molar-refractivity contribution < 1.29 is 33.0 Å². The summed E-state index contributed by atoms with van der Waals surface area (Å²) in [5.74, 6) is 0.662. The average molecular weight is 512 g/mol. The number of nitrogens with two attached hydrogens (primary N) is 1. The fourth-order valence-corrected chi connectivity index (χ4v) is 7.41. The Hall–Kier alpha value is -2.27. The molecule has 0 aromatic heterocycles. The Morgan fingerprint density at radius 3 is 2.38 bits per heavy atom. The Morgan fingerprint density at radius 1 is 0.973 bits per heavy atom. The minimum Gasteiger partial charge on any atom is -0.487 e. The monoisotopic (exact) mass is 511 g/mol. The summed E-state index contributed by atoms with van der Waals surface area (Å²) in [6.07, 6.45) is 0.859. The van der Waals surface area contributed by atoms with E-state index in [4.69, 9.17) is 29.4 Å². The summed E-state index contributed by atoms with van der Waals surface area (Å²) < 4.78 is 32.9. The van der Waals surface area contributed by atoms with Gasteiger partial charge in [-0.15, -0.1) is 0 Å². The van der Waals surface area contributed by atoms with Crippen molar-refractivity contribution in [3.05, 3.63) is 46.5 Å². The largest absolute Gasteiger partial charge is 0.487 e. The number of fused-ring (bicyclic) bond motifs is 2. The molecule has 6 bridgehead atoms. The van der Waals surface area contributed by atoms with Gasteiger partial charge in [0.25, 0.3) is 0 Å². The molecule has 9 heteroatoms. The quantitative estimate of drug-likeness (QED) is 0.619. The number of hydrogen-bond acceptors (Lipinski definition) is 7. The number of morpholine rings is 2. The normalized spacial score (nSPS) is 31.5. The summed E-state index contributed by atoms with van der Waals surface area (Å²) in [4.78, 5) is 14.3. The van der Waals surface area contributed by atoms with E-state index < -0.39 is 11.6 Å². The highest BCUT2D eigenvalue weighted by molar-refractivity contribution is 6.18. The molecule has 2 N–H and O–H groups in total. The van der Waals surface area contributed by atoms with Crippen LogP contribution in [-0.2, 0) is 23.7 Å². The number of ether oxygens (including phenoxy) is 5. The predicted molar refractivity (Wildman–Crippen MR) is 136 cm³/mol. The first-order valence-electron chi connectivity index (χ1n) is 13.8. The molecule has 5 heterocycles. The molecule has 37 heavy (non-hydrogen) atoms. The molecular weight excluding hydrogens is 474 g/mol. The maximum absolute atomic E-state index is 14.3. The first-order chi connectivity index (χ1) is 18.0. The van der Waals surface area contributed by atoms with Gasteiger partial charge in [-0.05, 0) is 12.5 Å². The van der Waals surface area contributed by atoms with Crippen LogP contribution < -0.4 is 10.2 Å². The molecule has 0 saturated carbocycles. The third kappa shape index (κ3) is 3.22. The lowest BCUT2D eigenvalue weighted by Crippen LogP contribution is -2.61. The second-order valence-corrected chi connectivity index (χ2v) is 11.1. The van der Waals surface area contributed by atoms with Crippen LogP contribution in [-0.4, -0.2) is 102 Å². The van der Waals surface area contributed by atoms with Crippen molar-refractivity contribution in [3.8, 4) is 0 Å². The molecule has 1 aromatic rings. The average Bonchev–Trinajstić information content (AvgIpc) is 3.19. The second-order valence-electron chi connectivity index (χ2n) is 11.1. The number of ketones is 1. The topological polar surface area (TPSA) is 89.2 Å². The van der Waals surface area contributed by atoms with E-state index in [-0.39, 0.29) is 5.78 Å². The van der Waals surface area contributed by atoms with E-state index in [1.807, 2.05) is 12.1 Å². The minimum absolute atomic E-state index is 0.00386. The summed E-state index contributed by atoms with van der Waals surface area (Å²) in [7, 11) is 0. The molecule has 198 valence electrons. The number of quaternary nitrogens is 2. The number of carbonyl (C=O) groups excluding carboxylic acids is 1. The summed E-state index contributed by atoms with van der Waals surface area (Å²) in [6, 6.07) is 6.15. The van der Waals surface area contributed by atoms with Crippen LogP contribution in [0.15, 0.2) is 35.4 Å². The molecule has 8 rings (SSSR count). The molecule has 2 saturated heterocycles. The number of nitrogens with zero attached hydrogens (tertiary/aromatic N) is 2. The highest BCUT2D eigenvalue weighted by Gasteiger charge is 2.64. The molecule has 0 radical (unpaired) electrons. The second kappa shape index (κ2) is 8.62. The fourth-order valence-electron chi connectivity index (χ4n) is 7.41. The van der Waals surface area contributed by atoms with Gasteiger partial charge in [0.1, 0.15) is 57.5 Å². The van der Waals surface area contributed by atoms with Gasteiger partial charge in [-0.2, -0.15) is 0 Å². The van der Waals surface area contributed by atoms with Crippen LogP contribution in [0.5, 0.6) is 0 Å². The van der Waals surface area contributed by atoms with E-state index in [1.54, 1.807) is 0 Å². The van der Waals surface area contributed by atoms with Crippen molar-refractivity contribution in [1.82, 2.24) is 4.48 Å². The lowest BCUT2D eigenvalue weighted by atomic mass is 9.79. The van der Waals surface area contributed by atoms with Crippen LogP contribution in [0.2, 0.25) is 0 Å². The molecule has 2 aliphatic carbocycles. The van der Waals surface area contributed by atoms with Crippen LogP contribution in [0.3, 0.4) is 0 Å². The Morgan fingerprint density at radius 2 is 1.65 bits per heavy atom. The SMILES string of the molecule is CCCOC1=C2c3c4cccc3[N+]3(CCOCC3)CCOC3=C1[N+]1(CCOCC1)CCOC3(N)C2C4=O. The van der Waals surface area contributed by atoms with Crippen LogP contribution in [0.4, 0.5) is 5.69 Å². The Bertz CT molecular complexity index is 1200. The molecule has 2 fully saturated rings.